The zero-order valence-corrected chi connectivity index (χ0v) is 9.61. The number of carbonyl (C=O) groups is 1. The highest BCUT2D eigenvalue weighted by atomic mass is 35.5. The number of esters is 1. The van der Waals surface area contributed by atoms with Crippen molar-refractivity contribution in [2.75, 3.05) is 7.11 Å². The number of ether oxygens (including phenoxy) is 1. The summed E-state index contributed by atoms with van der Waals surface area (Å²) in [6.45, 7) is 1.85. The molecule has 4 heteroatoms. The number of hydrogen-bond donors (Lipinski definition) is 0. The summed E-state index contributed by atoms with van der Waals surface area (Å²) < 4.78 is 4.75. The molecule has 1 aliphatic rings. The van der Waals surface area contributed by atoms with Gasteiger partial charge in [0.05, 0.1) is 17.4 Å². The fourth-order valence-corrected chi connectivity index (χ4v) is 3.25. The van der Waals surface area contributed by atoms with Crippen molar-refractivity contribution in [3.8, 4) is 0 Å². The molecule has 1 heterocycles. The zero-order chi connectivity index (χ0) is 10.4. The first-order chi connectivity index (χ1) is 6.54. The minimum atomic E-state index is -0.547. The third-order valence-electron chi connectivity index (χ3n) is 2.89. The summed E-state index contributed by atoms with van der Waals surface area (Å²) in [5, 5.41) is 1.97. The summed E-state index contributed by atoms with van der Waals surface area (Å²) in [7, 11) is 1.40. The highest BCUT2D eigenvalue weighted by molar-refractivity contribution is 7.10. The lowest BCUT2D eigenvalue weighted by Gasteiger charge is -2.12. The van der Waals surface area contributed by atoms with E-state index in [1.165, 1.54) is 7.11 Å². The summed E-state index contributed by atoms with van der Waals surface area (Å²) in [5.41, 5.74) is -0.547. The van der Waals surface area contributed by atoms with Gasteiger partial charge < -0.3 is 4.74 Å². The van der Waals surface area contributed by atoms with E-state index in [0.29, 0.717) is 6.42 Å². The largest absolute Gasteiger partial charge is 0.469 e. The quantitative estimate of drug-likeness (QED) is 0.577. The van der Waals surface area contributed by atoms with Gasteiger partial charge in [-0.15, -0.1) is 22.9 Å². The van der Waals surface area contributed by atoms with Crippen LogP contribution >= 0.6 is 22.9 Å². The molecule has 1 fully saturated rings. The van der Waals surface area contributed by atoms with E-state index >= 15 is 0 Å². The molecule has 1 aromatic heterocycles. The maximum Gasteiger partial charge on any atom is 0.313 e. The second-order valence-electron chi connectivity index (χ2n) is 3.78. The number of alkyl halides is 1. The van der Waals surface area contributed by atoms with Crippen LogP contribution in [0.1, 0.15) is 18.2 Å². The molecule has 2 atom stereocenters. The van der Waals surface area contributed by atoms with Crippen LogP contribution in [-0.2, 0) is 14.4 Å². The minimum Gasteiger partial charge on any atom is -0.469 e. The van der Waals surface area contributed by atoms with E-state index in [1.54, 1.807) is 11.3 Å². The smallest absolute Gasteiger partial charge is 0.313 e. The Morgan fingerprint density at radius 1 is 1.71 bits per heavy atom. The van der Waals surface area contributed by atoms with Gasteiger partial charge in [0.15, 0.2) is 0 Å². The normalized spacial score (nSPS) is 35.4. The van der Waals surface area contributed by atoms with Crippen molar-refractivity contribution >= 4 is 28.9 Å². The van der Waals surface area contributed by atoms with E-state index in [4.69, 9.17) is 16.3 Å². The lowest BCUT2D eigenvalue weighted by molar-refractivity contribution is -0.146. The van der Waals surface area contributed by atoms with Gasteiger partial charge in [-0.2, -0.15) is 0 Å². The van der Waals surface area contributed by atoms with Crippen LogP contribution in [0, 0.1) is 5.41 Å². The van der Waals surface area contributed by atoms with Crippen molar-refractivity contribution in [2.45, 2.75) is 18.2 Å². The van der Waals surface area contributed by atoms with Gasteiger partial charge in [-0.1, -0.05) is 6.07 Å². The van der Waals surface area contributed by atoms with Crippen LogP contribution < -0.4 is 0 Å². The van der Waals surface area contributed by atoms with Crippen molar-refractivity contribution in [3.05, 3.63) is 22.4 Å². The number of halogens is 1. The lowest BCUT2D eigenvalue weighted by Crippen LogP contribution is -2.21. The Hall–Kier alpha value is -0.540. The molecule has 1 aliphatic carbocycles. The van der Waals surface area contributed by atoms with Crippen molar-refractivity contribution in [1.82, 2.24) is 0 Å². The van der Waals surface area contributed by atoms with E-state index < -0.39 is 10.3 Å². The first-order valence-electron chi connectivity index (χ1n) is 4.36. The average Bonchev–Trinajstić information content (AvgIpc) is 2.62. The van der Waals surface area contributed by atoms with E-state index in [2.05, 4.69) is 0 Å². The van der Waals surface area contributed by atoms with E-state index in [9.17, 15) is 4.79 Å². The van der Waals surface area contributed by atoms with Crippen molar-refractivity contribution in [3.63, 3.8) is 0 Å². The van der Waals surface area contributed by atoms with Crippen LogP contribution in [0.25, 0.3) is 0 Å². The standard InChI is InChI=1S/C10H11ClO2S/c1-9(8(12)13-2)6-10(9,11)7-4-3-5-14-7/h3-5H,6H2,1-2H3. The molecule has 0 amide bonds. The van der Waals surface area contributed by atoms with Crippen molar-refractivity contribution < 1.29 is 9.53 Å². The predicted molar refractivity (Wildman–Crippen MR) is 56.6 cm³/mol. The molecule has 2 rings (SSSR count). The molecule has 0 aliphatic heterocycles. The Morgan fingerprint density at radius 2 is 2.43 bits per heavy atom. The maximum absolute atomic E-state index is 11.5. The third kappa shape index (κ3) is 1.12. The molecular formula is C10H11ClO2S. The number of rotatable bonds is 2. The first kappa shape index (κ1) is 9.99. The number of methoxy groups -OCH3 is 1. The van der Waals surface area contributed by atoms with Gasteiger partial charge >= 0.3 is 5.97 Å². The van der Waals surface area contributed by atoms with Gasteiger partial charge in [0.25, 0.3) is 0 Å². The Kier molecular flexibility index (Phi) is 2.12. The van der Waals surface area contributed by atoms with Gasteiger partial charge in [-0.3, -0.25) is 4.79 Å². The summed E-state index contributed by atoms with van der Waals surface area (Å²) >= 11 is 7.98. The van der Waals surface area contributed by atoms with Crippen LogP contribution in [0.3, 0.4) is 0 Å². The first-order valence-corrected chi connectivity index (χ1v) is 5.62. The molecule has 0 saturated heterocycles. The Balaban J connectivity index is 2.28. The molecule has 0 N–H and O–H groups in total. The summed E-state index contributed by atoms with van der Waals surface area (Å²) in [5.74, 6) is -0.221. The summed E-state index contributed by atoms with van der Waals surface area (Å²) in [4.78, 5) is 12.0. The van der Waals surface area contributed by atoms with Crippen LogP contribution in [0.2, 0.25) is 0 Å². The van der Waals surface area contributed by atoms with Crippen molar-refractivity contribution in [1.29, 1.82) is 0 Å². The van der Waals surface area contributed by atoms with Crippen LogP contribution in [0.4, 0.5) is 0 Å². The predicted octanol–water partition coefficient (Wildman–Crippen LogP) is 2.77. The average molecular weight is 231 g/mol. The SMILES string of the molecule is COC(=O)C1(C)CC1(Cl)c1cccs1. The molecular weight excluding hydrogens is 220 g/mol. The number of thiophene rings is 1. The van der Waals surface area contributed by atoms with Gasteiger partial charge in [0.2, 0.25) is 0 Å². The fourth-order valence-electron chi connectivity index (χ4n) is 1.77. The Labute approximate surface area is 91.8 Å². The molecule has 76 valence electrons. The Morgan fingerprint density at radius 3 is 2.93 bits per heavy atom. The molecule has 2 nitrogen and oxygen atoms in total. The number of hydrogen-bond acceptors (Lipinski definition) is 3. The van der Waals surface area contributed by atoms with E-state index in [0.717, 1.165) is 4.88 Å². The summed E-state index contributed by atoms with van der Waals surface area (Å²) in [6.07, 6.45) is 0.661. The lowest BCUT2D eigenvalue weighted by atomic mass is 10.1. The highest BCUT2D eigenvalue weighted by Crippen LogP contribution is 2.68. The van der Waals surface area contributed by atoms with Gasteiger partial charge in [0.1, 0.15) is 0 Å². The molecule has 2 unspecified atom stereocenters. The molecule has 0 spiro atoms. The number of carbonyl (C=O) groups excluding carboxylic acids is 1. The highest BCUT2D eigenvalue weighted by Gasteiger charge is 2.70. The Bertz CT molecular complexity index is 362. The van der Waals surface area contributed by atoms with Crippen LogP contribution in [0.15, 0.2) is 17.5 Å². The summed E-state index contributed by atoms with van der Waals surface area (Å²) in [6, 6.07) is 3.91. The third-order valence-corrected chi connectivity index (χ3v) is 4.79. The zero-order valence-electron chi connectivity index (χ0n) is 8.04. The molecule has 0 radical (unpaired) electrons. The maximum atomic E-state index is 11.5. The van der Waals surface area contributed by atoms with E-state index in [1.807, 2.05) is 24.4 Å². The topological polar surface area (TPSA) is 26.3 Å². The molecule has 0 bridgehead atoms. The van der Waals surface area contributed by atoms with Crippen LogP contribution in [-0.4, -0.2) is 13.1 Å². The van der Waals surface area contributed by atoms with E-state index in [-0.39, 0.29) is 5.97 Å². The minimum absolute atomic E-state index is 0.221. The molecule has 1 aromatic rings. The molecule has 14 heavy (non-hydrogen) atoms. The molecule has 0 aromatic carbocycles. The molecule has 1 saturated carbocycles. The monoisotopic (exact) mass is 230 g/mol. The second-order valence-corrected chi connectivity index (χ2v) is 5.37. The van der Waals surface area contributed by atoms with Gasteiger partial charge in [-0.25, -0.2) is 0 Å². The van der Waals surface area contributed by atoms with Gasteiger partial charge in [0, 0.05) is 4.88 Å². The van der Waals surface area contributed by atoms with Crippen LogP contribution in [0.5, 0.6) is 0 Å². The fraction of sp³-hybridized carbons (Fsp3) is 0.500. The van der Waals surface area contributed by atoms with Gasteiger partial charge in [-0.05, 0) is 24.8 Å². The second kappa shape index (κ2) is 2.97. The van der Waals surface area contributed by atoms with Crippen molar-refractivity contribution in [2.24, 2.45) is 5.41 Å².